The van der Waals surface area contributed by atoms with E-state index >= 15 is 0 Å². The maximum Gasteiger partial charge on any atom is 0.251 e. The fraction of sp³-hybridized carbons (Fsp3) is 0.364. The van der Waals surface area contributed by atoms with Gasteiger partial charge in [0.25, 0.3) is 5.91 Å². The maximum atomic E-state index is 13.5. The Kier molecular flexibility index (Phi) is 6.63. The van der Waals surface area contributed by atoms with Crippen molar-refractivity contribution in [2.24, 2.45) is 4.99 Å². The van der Waals surface area contributed by atoms with Gasteiger partial charge in [0.05, 0.1) is 6.54 Å². The van der Waals surface area contributed by atoms with Crippen molar-refractivity contribution in [3.05, 3.63) is 71.5 Å². The van der Waals surface area contributed by atoms with Gasteiger partial charge in [-0.3, -0.25) is 9.79 Å². The average Bonchev–Trinajstić information content (AvgIpc) is 3.51. The van der Waals surface area contributed by atoms with E-state index in [2.05, 4.69) is 20.9 Å². The normalized spacial score (nSPS) is 15.0. The Hall–Kier alpha value is -2.89. The number of rotatable bonds is 8. The Balaban J connectivity index is 1.50. The first kappa shape index (κ1) is 19.9. The van der Waals surface area contributed by atoms with Gasteiger partial charge >= 0.3 is 0 Å². The van der Waals surface area contributed by atoms with Crippen molar-refractivity contribution < 1.29 is 9.18 Å². The summed E-state index contributed by atoms with van der Waals surface area (Å²) in [4.78, 5) is 16.7. The molecule has 0 aromatic heterocycles. The van der Waals surface area contributed by atoms with Crippen LogP contribution in [0.15, 0.2) is 59.6 Å². The van der Waals surface area contributed by atoms with E-state index in [1.54, 1.807) is 24.3 Å². The van der Waals surface area contributed by atoms with Crippen molar-refractivity contribution in [3.8, 4) is 0 Å². The predicted molar refractivity (Wildman–Crippen MR) is 110 cm³/mol. The van der Waals surface area contributed by atoms with Crippen LogP contribution in [0.2, 0.25) is 0 Å². The number of halogens is 1. The molecule has 0 unspecified atom stereocenters. The van der Waals surface area contributed by atoms with Gasteiger partial charge in [-0.1, -0.05) is 30.3 Å². The van der Waals surface area contributed by atoms with E-state index in [4.69, 9.17) is 0 Å². The molecule has 0 atom stereocenters. The van der Waals surface area contributed by atoms with Crippen LogP contribution in [0.4, 0.5) is 4.39 Å². The molecule has 2 aromatic carbocycles. The highest BCUT2D eigenvalue weighted by Gasteiger charge is 2.44. The van der Waals surface area contributed by atoms with E-state index in [1.807, 2.05) is 31.2 Å². The summed E-state index contributed by atoms with van der Waals surface area (Å²) in [6, 6.07) is 16.0. The summed E-state index contributed by atoms with van der Waals surface area (Å²) < 4.78 is 13.5. The lowest BCUT2D eigenvalue weighted by atomic mass is 9.96. The number of aliphatic imine (C=N–C) groups is 1. The number of hydrogen-bond acceptors (Lipinski definition) is 2. The van der Waals surface area contributed by atoms with Crippen LogP contribution in [0.3, 0.4) is 0 Å². The van der Waals surface area contributed by atoms with Crippen LogP contribution in [0.5, 0.6) is 0 Å². The van der Waals surface area contributed by atoms with E-state index in [0.29, 0.717) is 31.2 Å². The molecule has 1 aliphatic carbocycles. The number of nitrogens with zero attached hydrogens (tertiary/aromatic N) is 1. The lowest BCUT2D eigenvalue weighted by Gasteiger charge is -2.16. The fourth-order valence-electron chi connectivity index (χ4n) is 3.13. The second-order valence-electron chi connectivity index (χ2n) is 7.03. The fourth-order valence-corrected chi connectivity index (χ4v) is 3.13. The van der Waals surface area contributed by atoms with E-state index in [9.17, 15) is 9.18 Å². The zero-order valence-electron chi connectivity index (χ0n) is 16.2. The zero-order chi connectivity index (χ0) is 19.8. The molecule has 0 saturated heterocycles. The lowest BCUT2D eigenvalue weighted by Crippen LogP contribution is -2.42. The highest BCUT2D eigenvalue weighted by molar-refractivity contribution is 5.94. The van der Waals surface area contributed by atoms with E-state index in [-0.39, 0.29) is 17.1 Å². The average molecular weight is 382 g/mol. The molecule has 1 amide bonds. The van der Waals surface area contributed by atoms with Crippen molar-refractivity contribution >= 4 is 11.9 Å². The van der Waals surface area contributed by atoms with Gasteiger partial charge in [0.15, 0.2) is 5.96 Å². The molecule has 28 heavy (non-hydrogen) atoms. The predicted octanol–water partition coefficient (Wildman–Crippen LogP) is 2.84. The van der Waals surface area contributed by atoms with Gasteiger partial charge in [0.1, 0.15) is 5.82 Å². The molecule has 0 aliphatic heterocycles. The van der Waals surface area contributed by atoms with Crippen LogP contribution in [0, 0.1) is 5.82 Å². The summed E-state index contributed by atoms with van der Waals surface area (Å²) in [6.07, 6.45) is 2.04. The molecule has 5 nitrogen and oxygen atoms in total. The van der Waals surface area contributed by atoms with Crippen LogP contribution in [-0.2, 0) is 5.41 Å². The monoisotopic (exact) mass is 382 g/mol. The Labute approximate surface area is 165 Å². The first-order chi connectivity index (χ1) is 13.6. The molecule has 1 aliphatic rings. The summed E-state index contributed by atoms with van der Waals surface area (Å²) >= 11 is 0. The molecule has 3 N–H and O–H groups in total. The third kappa shape index (κ3) is 5.31. The minimum Gasteiger partial charge on any atom is -0.357 e. The summed E-state index contributed by atoms with van der Waals surface area (Å²) in [6.45, 7) is 4.43. The molecular weight excluding hydrogens is 355 g/mol. The molecule has 2 aromatic rings. The number of carbonyl (C=O) groups excluding carboxylic acids is 1. The van der Waals surface area contributed by atoms with E-state index in [1.165, 1.54) is 6.07 Å². The van der Waals surface area contributed by atoms with Crippen molar-refractivity contribution in [1.29, 1.82) is 0 Å². The Morgan fingerprint density at radius 2 is 1.79 bits per heavy atom. The van der Waals surface area contributed by atoms with Crippen LogP contribution in [0.1, 0.15) is 35.7 Å². The molecule has 6 heteroatoms. The summed E-state index contributed by atoms with van der Waals surface area (Å²) in [5.74, 6) is 0.415. The van der Waals surface area contributed by atoms with Gasteiger partial charge < -0.3 is 16.0 Å². The van der Waals surface area contributed by atoms with E-state index in [0.717, 1.165) is 24.9 Å². The smallest absolute Gasteiger partial charge is 0.251 e. The van der Waals surface area contributed by atoms with Gasteiger partial charge in [0.2, 0.25) is 0 Å². The molecule has 0 heterocycles. The first-order valence-corrected chi connectivity index (χ1v) is 9.74. The van der Waals surface area contributed by atoms with Gasteiger partial charge in [-0.25, -0.2) is 4.39 Å². The Morgan fingerprint density at radius 3 is 2.46 bits per heavy atom. The Morgan fingerprint density at radius 1 is 1.04 bits per heavy atom. The molecule has 1 fully saturated rings. The Bertz CT molecular complexity index is 818. The maximum absolute atomic E-state index is 13.5. The van der Waals surface area contributed by atoms with Crippen LogP contribution >= 0.6 is 0 Å². The van der Waals surface area contributed by atoms with Crippen LogP contribution < -0.4 is 16.0 Å². The molecular formula is C22H27FN4O. The lowest BCUT2D eigenvalue weighted by molar-refractivity contribution is 0.0954. The molecule has 0 bridgehead atoms. The summed E-state index contributed by atoms with van der Waals surface area (Å²) in [5, 5.41) is 9.35. The second kappa shape index (κ2) is 9.35. The first-order valence-electron chi connectivity index (χ1n) is 9.74. The third-order valence-corrected chi connectivity index (χ3v) is 4.91. The van der Waals surface area contributed by atoms with Gasteiger partial charge in [-0.2, -0.15) is 0 Å². The van der Waals surface area contributed by atoms with Crippen molar-refractivity contribution in [2.75, 3.05) is 26.2 Å². The number of benzene rings is 2. The molecule has 1 saturated carbocycles. The minimum absolute atomic E-state index is 0.0496. The van der Waals surface area contributed by atoms with E-state index < -0.39 is 0 Å². The number of hydrogen-bond donors (Lipinski definition) is 3. The highest BCUT2D eigenvalue weighted by atomic mass is 19.1. The molecule has 0 spiro atoms. The molecule has 148 valence electrons. The number of amides is 1. The van der Waals surface area contributed by atoms with Gasteiger partial charge in [-0.15, -0.1) is 0 Å². The highest BCUT2D eigenvalue weighted by Crippen LogP contribution is 2.48. The van der Waals surface area contributed by atoms with Gasteiger partial charge in [-0.05, 0) is 49.6 Å². The van der Waals surface area contributed by atoms with Crippen LogP contribution in [-0.4, -0.2) is 38.0 Å². The summed E-state index contributed by atoms with van der Waals surface area (Å²) in [7, 11) is 0. The van der Waals surface area contributed by atoms with Crippen LogP contribution in [0.25, 0.3) is 0 Å². The largest absolute Gasteiger partial charge is 0.357 e. The standard InChI is InChI=1S/C22H27FN4O/c1-2-24-21(26-14-13-25-20(28)17-7-4-3-5-8-17)27-16-22(11-12-22)18-9-6-10-19(23)15-18/h3-10,15H,2,11-14,16H2,1H3,(H,25,28)(H2,24,26,27). The molecule has 3 rings (SSSR count). The van der Waals surface area contributed by atoms with Gasteiger partial charge in [0, 0.05) is 30.6 Å². The quantitative estimate of drug-likeness (QED) is 0.374. The number of nitrogens with one attached hydrogen (secondary N) is 3. The topological polar surface area (TPSA) is 65.5 Å². The third-order valence-electron chi connectivity index (χ3n) is 4.91. The summed E-state index contributed by atoms with van der Waals surface area (Å²) in [5.41, 5.74) is 1.61. The minimum atomic E-state index is -0.202. The van der Waals surface area contributed by atoms with Crippen molar-refractivity contribution in [2.45, 2.75) is 25.2 Å². The zero-order valence-corrected chi connectivity index (χ0v) is 16.2. The number of guanidine groups is 1. The van der Waals surface area contributed by atoms with Crippen molar-refractivity contribution in [1.82, 2.24) is 16.0 Å². The van der Waals surface area contributed by atoms with Crippen molar-refractivity contribution in [3.63, 3.8) is 0 Å². The number of carbonyl (C=O) groups is 1. The molecule has 0 radical (unpaired) electrons. The SMILES string of the molecule is CCNC(=NCC1(c2cccc(F)c2)CC1)NCCNC(=O)c1ccccc1. The second-order valence-corrected chi connectivity index (χ2v) is 7.03.